The number of allylic oxidation sites excluding steroid dienone is 2. The molecule has 48 valence electrons. The maximum absolute atomic E-state index is 8.65. The molecule has 1 heteroatoms. The molecule has 0 aromatic carbocycles. The predicted octanol–water partition coefficient (Wildman–Crippen LogP) is 2.26. The first-order valence-corrected chi connectivity index (χ1v) is 3.36. The van der Waals surface area contributed by atoms with Crippen molar-refractivity contribution in [2.75, 3.05) is 0 Å². The lowest BCUT2D eigenvalue weighted by atomic mass is 9.82. The molecule has 0 fully saturated rings. The minimum absolute atomic E-state index is 0.155. The van der Waals surface area contributed by atoms with E-state index >= 15 is 0 Å². The monoisotopic (exact) mass is 121 g/mol. The molecule has 0 amide bonds. The van der Waals surface area contributed by atoms with Crippen LogP contribution in [0.4, 0.5) is 0 Å². The van der Waals surface area contributed by atoms with Gasteiger partial charge in [-0.05, 0) is 26.2 Å². The second-order valence-corrected chi connectivity index (χ2v) is 2.82. The molecule has 1 atom stereocenters. The van der Waals surface area contributed by atoms with Crippen molar-refractivity contribution < 1.29 is 0 Å². The Labute approximate surface area is 56.0 Å². The topological polar surface area (TPSA) is 23.8 Å². The van der Waals surface area contributed by atoms with Gasteiger partial charge in [-0.3, -0.25) is 0 Å². The van der Waals surface area contributed by atoms with Crippen molar-refractivity contribution in [3.8, 4) is 6.07 Å². The van der Waals surface area contributed by atoms with Crippen LogP contribution in [0.25, 0.3) is 0 Å². The highest BCUT2D eigenvalue weighted by Crippen LogP contribution is 2.28. The standard InChI is InChI=1S/C8H11N/c1-8(7-9)5-3-2-4-6-8/h3,5H,2,4,6H2,1H3. The molecule has 0 saturated carbocycles. The molecule has 0 aromatic rings. The Kier molecular flexibility index (Phi) is 1.57. The Balaban J connectivity index is 2.70. The molecule has 0 spiro atoms. The van der Waals surface area contributed by atoms with Crippen LogP contribution in [0.15, 0.2) is 12.2 Å². The van der Waals surface area contributed by atoms with E-state index in [0.29, 0.717) is 0 Å². The summed E-state index contributed by atoms with van der Waals surface area (Å²) in [5, 5.41) is 8.65. The normalized spacial score (nSPS) is 33.8. The minimum atomic E-state index is -0.155. The minimum Gasteiger partial charge on any atom is -0.197 e. The van der Waals surface area contributed by atoms with Gasteiger partial charge in [0, 0.05) is 0 Å². The first-order chi connectivity index (χ1) is 4.27. The summed E-state index contributed by atoms with van der Waals surface area (Å²) in [7, 11) is 0. The molecule has 9 heavy (non-hydrogen) atoms. The van der Waals surface area contributed by atoms with Crippen molar-refractivity contribution in [2.24, 2.45) is 5.41 Å². The third-order valence-corrected chi connectivity index (χ3v) is 1.81. The fourth-order valence-corrected chi connectivity index (χ4v) is 1.11. The summed E-state index contributed by atoms with van der Waals surface area (Å²) >= 11 is 0. The fraction of sp³-hybridized carbons (Fsp3) is 0.625. The molecular weight excluding hydrogens is 110 g/mol. The van der Waals surface area contributed by atoms with Gasteiger partial charge in [0.2, 0.25) is 0 Å². The molecule has 1 aliphatic carbocycles. The van der Waals surface area contributed by atoms with E-state index in [4.69, 9.17) is 5.26 Å². The molecule has 1 nitrogen and oxygen atoms in total. The van der Waals surface area contributed by atoms with Crippen LogP contribution in [-0.2, 0) is 0 Å². The molecule has 0 heterocycles. The number of nitrogens with zero attached hydrogens (tertiary/aromatic N) is 1. The van der Waals surface area contributed by atoms with E-state index in [1.54, 1.807) is 0 Å². The van der Waals surface area contributed by atoms with Gasteiger partial charge in [0.1, 0.15) is 0 Å². The third-order valence-electron chi connectivity index (χ3n) is 1.81. The van der Waals surface area contributed by atoms with E-state index in [2.05, 4.69) is 12.1 Å². The van der Waals surface area contributed by atoms with E-state index in [9.17, 15) is 0 Å². The van der Waals surface area contributed by atoms with Gasteiger partial charge >= 0.3 is 0 Å². The van der Waals surface area contributed by atoms with Gasteiger partial charge in [-0.15, -0.1) is 0 Å². The quantitative estimate of drug-likeness (QED) is 0.451. The van der Waals surface area contributed by atoms with Crippen molar-refractivity contribution >= 4 is 0 Å². The van der Waals surface area contributed by atoms with Gasteiger partial charge < -0.3 is 0 Å². The lowest BCUT2D eigenvalue weighted by Gasteiger charge is -2.19. The van der Waals surface area contributed by atoms with E-state index in [0.717, 1.165) is 12.8 Å². The Morgan fingerprint density at radius 2 is 2.44 bits per heavy atom. The molecule has 0 radical (unpaired) electrons. The molecular formula is C8H11N. The molecule has 1 rings (SSSR count). The van der Waals surface area contributed by atoms with Crippen LogP contribution in [0.5, 0.6) is 0 Å². The van der Waals surface area contributed by atoms with Crippen LogP contribution in [0.1, 0.15) is 26.2 Å². The lowest BCUT2D eigenvalue weighted by Crippen LogP contribution is -2.12. The second kappa shape index (κ2) is 2.23. The number of hydrogen-bond acceptors (Lipinski definition) is 1. The number of hydrogen-bond donors (Lipinski definition) is 0. The molecule has 0 N–H and O–H groups in total. The lowest BCUT2D eigenvalue weighted by molar-refractivity contribution is 0.473. The second-order valence-electron chi connectivity index (χ2n) is 2.82. The van der Waals surface area contributed by atoms with Gasteiger partial charge in [-0.2, -0.15) is 5.26 Å². The highest BCUT2D eigenvalue weighted by Gasteiger charge is 2.21. The average molecular weight is 121 g/mol. The van der Waals surface area contributed by atoms with Crippen molar-refractivity contribution in [3.63, 3.8) is 0 Å². The maximum atomic E-state index is 8.65. The zero-order chi connectivity index (χ0) is 6.74. The van der Waals surface area contributed by atoms with Gasteiger partial charge in [0.05, 0.1) is 11.5 Å². The van der Waals surface area contributed by atoms with E-state index in [1.165, 1.54) is 6.42 Å². The van der Waals surface area contributed by atoms with Crippen LogP contribution >= 0.6 is 0 Å². The molecule has 0 aromatic heterocycles. The van der Waals surface area contributed by atoms with Gasteiger partial charge in [-0.1, -0.05) is 12.2 Å². The zero-order valence-corrected chi connectivity index (χ0v) is 5.72. The van der Waals surface area contributed by atoms with Crippen molar-refractivity contribution in [2.45, 2.75) is 26.2 Å². The van der Waals surface area contributed by atoms with Crippen LogP contribution < -0.4 is 0 Å². The summed E-state index contributed by atoms with van der Waals surface area (Å²) in [5.74, 6) is 0. The van der Waals surface area contributed by atoms with Crippen LogP contribution in [0.3, 0.4) is 0 Å². The Bertz CT molecular complexity index is 164. The highest BCUT2D eigenvalue weighted by atomic mass is 14.3. The SMILES string of the molecule is CC1(C#N)C=CCCC1. The maximum Gasteiger partial charge on any atom is 0.0728 e. The van der Waals surface area contributed by atoms with Crippen molar-refractivity contribution in [1.29, 1.82) is 5.26 Å². The molecule has 0 aliphatic heterocycles. The summed E-state index contributed by atoms with van der Waals surface area (Å²) in [5.41, 5.74) is -0.155. The predicted molar refractivity (Wildman–Crippen MR) is 36.7 cm³/mol. The van der Waals surface area contributed by atoms with Crippen LogP contribution in [0, 0.1) is 16.7 Å². The number of rotatable bonds is 0. The fourth-order valence-electron chi connectivity index (χ4n) is 1.11. The molecule has 0 saturated heterocycles. The van der Waals surface area contributed by atoms with Crippen LogP contribution in [0.2, 0.25) is 0 Å². The van der Waals surface area contributed by atoms with E-state index < -0.39 is 0 Å². The van der Waals surface area contributed by atoms with Gasteiger partial charge in [0.25, 0.3) is 0 Å². The first kappa shape index (κ1) is 6.35. The summed E-state index contributed by atoms with van der Waals surface area (Å²) < 4.78 is 0. The average Bonchev–Trinajstić information content (AvgIpc) is 1.90. The summed E-state index contributed by atoms with van der Waals surface area (Å²) in [4.78, 5) is 0. The first-order valence-electron chi connectivity index (χ1n) is 3.36. The van der Waals surface area contributed by atoms with Gasteiger partial charge in [-0.25, -0.2) is 0 Å². The summed E-state index contributed by atoms with van der Waals surface area (Å²) in [6.45, 7) is 1.99. The Morgan fingerprint density at radius 1 is 1.67 bits per heavy atom. The molecule has 1 unspecified atom stereocenters. The molecule has 0 bridgehead atoms. The Morgan fingerprint density at radius 3 is 2.78 bits per heavy atom. The van der Waals surface area contributed by atoms with E-state index in [-0.39, 0.29) is 5.41 Å². The number of nitriles is 1. The summed E-state index contributed by atoms with van der Waals surface area (Å²) in [6, 6.07) is 2.29. The van der Waals surface area contributed by atoms with Crippen molar-refractivity contribution in [1.82, 2.24) is 0 Å². The smallest absolute Gasteiger partial charge is 0.0728 e. The van der Waals surface area contributed by atoms with Crippen molar-refractivity contribution in [3.05, 3.63) is 12.2 Å². The highest BCUT2D eigenvalue weighted by molar-refractivity contribution is 5.12. The van der Waals surface area contributed by atoms with Crippen LogP contribution in [-0.4, -0.2) is 0 Å². The van der Waals surface area contributed by atoms with E-state index in [1.807, 2.05) is 13.0 Å². The van der Waals surface area contributed by atoms with Gasteiger partial charge in [0.15, 0.2) is 0 Å². The molecule has 1 aliphatic rings. The summed E-state index contributed by atoms with van der Waals surface area (Å²) in [6.07, 6.45) is 7.47. The zero-order valence-electron chi connectivity index (χ0n) is 5.72. The Hall–Kier alpha value is -0.770. The largest absolute Gasteiger partial charge is 0.197 e. The third kappa shape index (κ3) is 1.32.